The van der Waals surface area contributed by atoms with Crippen molar-refractivity contribution in [2.45, 2.75) is 25.7 Å². The van der Waals surface area contributed by atoms with E-state index in [0.717, 1.165) is 56.3 Å². The normalized spacial score (nSPS) is 17.1. The molecule has 0 saturated carbocycles. The highest BCUT2D eigenvalue weighted by molar-refractivity contribution is 9.11. The van der Waals surface area contributed by atoms with Crippen molar-refractivity contribution in [3.05, 3.63) is 26.6 Å². The lowest BCUT2D eigenvalue weighted by molar-refractivity contribution is 0.471. The molecule has 4 rings (SSSR count). The van der Waals surface area contributed by atoms with Gasteiger partial charge < -0.3 is 14.9 Å². The van der Waals surface area contributed by atoms with Crippen LogP contribution >= 0.6 is 31.9 Å². The second-order valence-electron chi connectivity index (χ2n) is 6.84. The molecule has 0 bridgehead atoms. The molecule has 2 aromatic rings. The standard InChI is InChI=1S/C18H21Br2N7O/c19-13-9-12(15(28)14(20)10-13)11-21-25-16-22-17(26-5-1-2-6-26)24-18(23-16)27-7-3-4-8-27/h9-11,28H,1-8H2,(H,22,23,24,25)/b21-11-. The van der Waals surface area contributed by atoms with Crippen LogP contribution in [0.25, 0.3) is 0 Å². The van der Waals surface area contributed by atoms with Gasteiger partial charge in [0.15, 0.2) is 0 Å². The van der Waals surface area contributed by atoms with Crippen LogP contribution < -0.4 is 15.2 Å². The van der Waals surface area contributed by atoms with Gasteiger partial charge in [-0.25, -0.2) is 5.43 Å². The first-order valence-corrected chi connectivity index (χ1v) is 10.9. The van der Waals surface area contributed by atoms with E-state index in [0.29, 0.717) is 27.9 Å². The van der Waals surface area contributed by atoms with Crippen molar-refractivity contribution in [3.63, 3.8) is 0 Å². The lowest BCUT2D eigenvalue weighted by Crippen LogP contribution is -2.25. The summed E-state index contributed by atoms with van der Waals surface area (Å²) in [4.78, 5) is 18.2. The minimum absolute atomic E-state index is 0.125. The SMILES string of the molecule is Oc1c(Br)cc(Br)cc1/C=N\Nc1nc(N2CCCC2)nc(N2CCCC2)n1. The van der Waals surface area contributed by atoms with Crippen LogP contribution in [-0.4, -0.2) is 52.5 Å². The summed E-state index contributed by atoms with van der Waals surface area (Å²) in [7, 11) is 0. The number of nitrogens with one attached hydrogen (secondary N) is 1. The van der Waals surface area contributed by atoms with Gasteiger partial charge in [0.2, 0.25) is 17.8 Å². The Bertz CT molecular complexity index is 846. The highest BCUT2D eigenvalue weighted by atomic mass is 79.9. The molecule has 0 aliphatic carbocycles. The summed E-state index contributed by atoms with van der Waals surface area (Å²) in [6.07, 6.45) is 6.16. The molecule has 0 radical (unpaired) electrons. The summed E-state index contributed by atoms with van der Waals surface area (Å²) < 4.78 is 1.43. The molecule has 0 atom stereocenters. The van der Waals surface area contributed by atoms with Gasteiger partial charge in [0.1, 0.15) is 5.75 Å². The Kier molecular flexibility index (Phi) is 5.96. The number of phenolic OH excluding ortho intramolecular Hbond substituents is 1. The Morgan fingerprint density at radius 1 is 0.929 bits per heavy atom. The fourth-order valence-electron chi connectivity index (χ4n) is 3.36. The van der Waals surface area contributed by atoms with Crippen LogP contribution in [0, 0.1) is 0 Å². The number of anilines is 3. The van der Waals surface area contributed by atoms with E-state index in [1.165, 1.54) is 0 Å². The predicted molar refractivity (Wildman–Crippen MR) is 117 cm³/mol. The minimum Gasteiger partial charge on any atom is -0.506 e. The van der Waals surface area contributed by atoms with Crippen LogP contribution in [0.4, 0.5) is 17.8 Å². The van der Waals surface area contributed by atoms with Gasteiger partial charge in [-0.1, -0.05) is 15.9 Å². The van der Waals surface area contributed by atoms with Gasteiger partial charge in [-0.15, -0.1) is 0 Å². The van der Waals surface area contributed by atoms with Crippen LogP contribution in [0.2, 0.25) is 0 Å². The summed E-state index contributed by atoms with van der Waals surface area (Å²) >= 11 is 6.73. The van der Waals surface area contributed by atoms with Crippen LogP contribution in [0.1, 0.15) is 31.2 Å². The third kappa shape index (κ3) is 4.38. The highest BCUT2D eigenvalue weighted by Gasteiger charge is 2.21. The average Bonchev–Trinajstić information content (AvgIpc) is 3.39. The van der Waals surface area contributed by atoms with Crippen molar-refractivity contribution < 1.29 is 5.11 Å². The van der Waals surface area contributed by atoms with Crippen molar-refractivity contribution in [1.82, 2.24) is 15.0 Å². The number of halogens is 2. The molecule has 0 spiro atoms. The van der Waals surface area contributed by atoms with Crippen LogP contribution in [0.3, 0.4) is 0 Å². The quantitative estimate of drug-likeness (QED) is 0.467. The molecule has 2 fully saturated rings. The first-order valence-electron chi connectivity index (χ1n) is 9.33. The number of benzene rings is 1. The first-order chi connectivity index (χ1) is 13.6. The van der Waals surface area contributed by atoms with E-state index < -0.39 is 0 Å². The zero-order valence-corrected chi connectivity index (χ0v) is 18.4. The van der Waals surface area contributed by atoms with E-state index in [9.17, 15) is 5.11 Å². The fourth-order valence-corrected chi connectivity index (χ4v) is 4.62. The molecular weight excluding hydrogens is 490 g/mol. The molecule has 148 valence electrons. The summed E-state index contributed by atoms with van der Waals surface area (Å²) in [5.41, 5.74) is 3.47. The van der Waals surface area contributed by atoms with Crippen LogP contribution in [-0.2, 0) is 0 Å². The fraction of sp³-hybridized carbons (Fsp3) is 0.444. The molecule has 2 aliphatic rings. The van der Waals surface area contributed by atoms with Gasteiger partial charge in [-0.05, 0) is 53.7 Å². The average molecular weight is 511 g/mol. The molecule has 2 aliphatic heterocycles. The monoisotopic (exact) mass is 509 g/mol. The Hall–Kier alpha value is -1.94. The Labute approximate surface area is 180 Å². The van der Waals surface area contributed by atoms with E-state index >= 15 is 0 Å². The minimum atomic E-state index is 0.125. The maximum Gasteiger partial charge on any atom is 0.250 e. The van der Waals surface area contributed by atoms with E-state index in [-0.39, 0.29) is 5.75 Å². The van der Waals surface area contributed by atoms with Gasteiger partial charge in [0.05, 0.1) is 10.7 Å². The molecule has 8 nitrogen and oxygen atoms in total. The van der Waals surface area contributed by atoms with Crippen molar-refractivity contribution in [2.24, 2.45) is 5.10 Å². The van der Waals surface area contributed by atoms with Crippen molar-refractivity contribution in [1.29, 1.82) is 0 Å². The zero-order chi connectivity index (χ0) is 19.5. The van der Waals surface area contributed by atoms with E-state index in [2.05, 4.69) is 67.1 Å². The molecule has 1 aromatic carbocycles. The van der Waals surface area contributed by atoms with Gasteiger partial charge >= 0.3 is 0 Å². The van der Waals surface area contributed by atoms with Crippen molar-refractivity contribution >= 4 is 55.9 Å². The van der Waals surface area contributed by atoms with Gasteiger partial charge in [-0.3, -0.25) is 0 Å². The third-order valence-electron chi connectivity index (χ3n) is 4.82. The summed E-state index contributed by atoms with van der Waals surface area (Å²) in [5, 5.41) is 14.4. The van der Waals surface area contributed by atoms with Crippen molar-refractivity contribution in [2.75, 3.05) is 41.4 Å². The lowest BCUT2D eigenvalue weighted by atomic mass is 10.2. The Balaban J connectivity index is 1.58. The second kappa shape index (κ2) is 8.60. The number of aromatic nitrogens is 3. The molecule has 1 aromatic heterocycles. The lowest BCUT2D eigenvalue weighted by Gasteiger charge is -2.20. The highest BCUT2D eigenvalue weighted by Crippen LogP contribution is 2.30. The van der Waals surface area contributed by atoms with E-state index in [4.69, 9.17) is 0 Å². The number of hydrogen-bond acceptors (Lipinski definition) is 8. The molecule has 28 heavy (non-hydrogen) atoms. The molecule has 3 heterocycles. The van der Waals surface area contributed by atoms with E-state index in [1.807, 2.05) is 0 Å². The van der Waals surface area contributed by atoms with Gasteiger partial charge in [-0.2, -0.15) is 20.1 Å². The van der Waals surface area contributed by atoms with Crippen LogP contribution in [0.5, 0.6) is 5.75 Å². The zero-order valence-electron chi connectivity index (χ0n) is 15.3. The second-order valence-corrected chi connectivity index (χ2v) is 8.61. The molecule has 10 heteroatoms. The molecule has 0 unspecified atom stereocenters. The first kappa shape index (κ1) is 19.4. The number of phenols is 1. The molecule has 2 saturated heterocycles. The number of hydrazone groups is 1. The van der Waals surface area contributed by atoms with Crippen LogP contribution in [0.15, 0.2) is 26.2 Å². The molecular formula is C18H21Br2N7O. The maximum atomic E-state index is 10.2. The number of rotatable bonds is 5. The topological polar surface area (TPSA) is 89.8 Å². The summed E-state index contributed by atoms with van der Waals surface area (Å²) in [6, 6.07) is 3.56. The molecule has 0 amide bonds. The largest absolute Gasteiger partial charge is 0.506 e. The maximum absolute atomic E-state index is 10.2. The summed E-state index contributed by atoms with van der Waals surface area (Å²) in [6.45, 7) is 3.86. The van der Waals surface area contributed by atoms with Crippen molar-refractivity contribution in [3.8, 4) is 5.75 Å². The van der Waals surface area contributed by atoms with Gasteiger partial charge in [0.25, 0.3) is 0 Å². The predicted octanol–water partition coefficient (Wildman–Crippen LogP) is 3.75. The number of hydrogen-bond donors (Lipinski definition) is 2. The molecule has 2 N–H and O–H groups in total. The summed E-state index contributed by atoms with van der Waals surface area (Å²) in [5.74, 6) is 1.92. The third-order valence-corrected chi connectivity index (χ3v) is 5.88. The van der Waals surface area contributed by atoms with E-state index in [1.54, 1.807) is 18.3 Å². The smallest absolute Gasteiger partial charge is 0.250 e. The Morgan fingerprint density at radius 2 is 1.50 bits per heavy atom. The Morgan fingerprint density at radius 3 is 2.07 bits per heavy atom. The van der Waals surface area contributed by atoms with Gasteiger partial charge in [0, 0.05) is 36.2 Å². The number of aromatic hydroxyl groups is 1. The number of nitrogens with zero attached hydrogens (tertiary/aromatic N) is 6.